The zero-order chi connectivity index (χ0) is 34.0. The maximum Gasteiger partial charge on any atom is 0.407 e. The van der Waals surface area contributed by atoms with Gasteiger partial charge >= 0.3 is 6.09 Å². The lowest BCUT2D eigenvalue weighted by atomic mass is 9.73. The molecular weight excluding hydrogens is 613 g/mol. The number of carbonyl (C=O) groups is 2. The molecule has 2 amide bonds. The molecule has 0 aromatic heterocycles. The van der Waals surface area contributed by atoms with Crippen LogP contribution in [0.1, 0.15) is 62.5 Å². The van der Waals surface area contributed by atoms with Gasteiger partial charge in [0.2, 0.25) is 5.91 Å². The van der Waals surface area contributed by atoms with Gasteiger partial charge in [-0.3, -0.25) is 4.79 Å². The second-order valence-electron chi connectivity index (χ2n) is 14.6. The number of carbonyl (C=O) groups excluding carboxylic acids is 2. The first-order valence-corrected chi connectivity index (χ1v) is 21.1. The van der Waals surface area contributed by atoms with Gasteiger partial charge in [-0.15, -0.1) is 0 Å². The van der Waals surface area contributed by atoms with Gasteiger partial charge in [0.15, 0.2) is 0 Å². The first kappa shape index (κ1) is 36.9. The molecule has 1 aliphatic heterocycles. The summed E-state index contributed by atoms with van der Waals surface area (Å²) in [6.45, 7) is 10.7. The van der Waals surface area contributed by atoms with E-state index in [4.69, 9.17) is 14.2 Å². The molecule has 5 atom stereocenters. The number of methoxy groups -OCH3 is 1. The van der Waals surface area contributed by atoms with Crippen LogP contribution in [0.2, 0.25) is 25.7 Å². The molecule has 1 saturated carbocycles. The number of alkyl carbamates (subject to hydrolysis) is 1. The molecule has 1 aliphatic carbocycles. The van der Waals surface area contributed by atoms with Crippen molar-refractivity contribution in [1.82, 2.24) is 10.2 Å². The molecule has 10 heteroatoms. The van der Waals surface area contributed by atoms with Crippen molar-refractivity contribution in [3.8, 4) is 11.5 Å². The Hall–Kier alpha value is -2.92. The van der Waals surface area contributed by atoms with Crippen molar-refractivity contribution in [1.29, 1.82) is 0 Å². The predicted octanol–water partition coefficient (Wildman–Crippen LogP) is 6.62. The number of amides is 2. The number of hydrogen-bond acceptors (Lipinski definition) is 7. The average Bonchev–Trinajstić information content (AvgIpc) is 3.04. The van der Waals surface area contributed by atoms with Crippen molar-refractivity contribution in [2.75, 3.05) is 33.4 Å². The Morgan fingerprint density at radius 2 is 1.72 bits per heavy atom. The zero-order valence-corrected chi connectivity index (χ0v) is 30.0. The van der Waals surface area contributed by atoms with Crippen LogP contribution in [0, 0.1) is 18.8 Å². The third-order valence-corrected chi connectivity index (χ3v) is 11.5. The summed E-state index contributed by atoms with van der Waals surface area (Å²) in [6.07, 6.45) is 3.72. The SMILES string of the molecule is COCCCC[C@@](O)(c1ccccc1Oc1ccccc1C)[C@@H]1CCCN(C(=O)C2CC[C@H](O)[C@@H](NC(=O)OCC[Si](C)(C)C)C2)C1. The van der Waals surface area contributed by atoms with E-state index in [1.165, 1.54) is 0 Å². The molecule has 2 fully saturated rings. The summed E-state index contributed by atoms with van der Waals surface area (Å²) in [7, 11) is 0.338. The van der Waals surface area contributed by atoms with Gasteiger partial charge in [0, 0.05) is 52.3 Å². The lowest BCUT2D eigenvalue weighted by Gasteiger charge is -2.44. The van der Waals surface area contributed by atoms with Crippen LogP contribution in [0.5, 0.6) is 11.5 Å². The molecule has 1 unspecified atom stereocenters. The largest absolute Gasteiger partial charge is 0.457 e. The van der Waals surface area contributed by atoms with Gasteiger partial charge in [0.05, 0.1) is 24.4 Å². The van der Waals surface area contributed by atoms with Gasteiger partial charge in [0.25, 0.3) is 0 Å². The van der Waals surface area contributed by atoms with Gasteiger partial charge in [-0.2, -0.15) is 0 Å². The van der Waals surface area contributed by atoms with Gasteiger partial charge in [-0.25, -0.2) is 4.79 Å². The number of hydrogen-bond donors (Lipinski definition) is 3. The van der Waals surface area contributed by atoms with Crippen LogP contribution in [0.4, 0.5) is 4.79 Å². The van der Waals surface area contributed by atoms with Crippen LogP contribution in [0.25, 0.3) is 0 Å². The van der Waals surface area contributed by atoms with Crippen molar-refractivity contribution >= 4 is 20.1 Å². The van der Waals surface area contributed by atoms with Crippen LogP contribution >= 0.6 is 0 Å². The normalized spacial score (nSPS) is 23.1. The predicted molar refractivity (Wildman–Crippen MR) is 186 cm³/mol. The van der Waals surface area contributed by atoms with Gasteiger partial charge in [-0.05, 0) is 82.0 Å². The molecule has 0 bridgehead atoms. The fourth-order valence-corrected chi connectivity index (χ4v) is 7.62. The van der Waals surface area contributed by atoms with Gasteiger partial charge < -0.3 is 34.6 Å². The Kier molecular flexibility index (Phi) is 13.3. The Balaban J connectivity index is 1.49. The van der Waals surface area contributed by atoms with E-state index >= 15 is 0 Å². The quantitative estimate of drug-likeness (QED) is 0.153. The Morgan fingerprint density at radius 1 is 1.00 bits per heavy atom. The smallest absolute Gasteiger partial charge is 0.407 e. The van der Waals surface area contributed by atoms with E-state index in [0.29, 0.717) is 57.7 Å². The number of piperidine rings is 1. The number of ether oxygens (including phenoxy) is 3. The lowest BCUT2D eigenvalue weighted by Crippen LogP contribution is -2.53. The molecule has 2 aromatic carbocycles. The van der Waals surface area contributed by atoms with E-state index in [1.54, 1.807) is 7.11 Å². The summed E-state index contributed by atoms with van der Waals surface area (Å²) < 4.78 is 17.1. The minimum absolute atomic E-state index is 0.0201. The van der Waals surface area contributed by atoms with Crippen LogP contribution in [0.3, 0.4) is 0 Å². The third kappa shape index (κ3) is 10.3. The van der Waals surface area contributed by atoms with E-state index in [0.717, 1.165) is 48.6 Å². The molecule has 3 N–H and O–H groups in total. The molecule has 1 heterocycles. The summed E-state index contributed by atoms with van der Waals surface area (Å²) in [5.41, 5.74) is 0.515. The third-order valence-electron chi connectivity index (χ3n) is 9.78. The van der Waals surface area contributed by atoms with Gasteiger partial charge in [-0.1, -0.05) is 56.0 Å². The number of aliphatic hydroxyl groups is 2. The Labute approximate surface area is 282 Å². The minimum Gasteiger partial charge on any atom is -0.457 e. The van der Waals surface area contributed by atoms with Crippen molar-refractivity contribution in [3.05, 3.63) is 59.7 Å². The molecule has 0 radical (unpaired) electrons. The fourth-order valence-electron chi connectivity index (χ4n) is 6.90. The number of para-hydroxylation sites is 2. The lowest BCUT2D eigenvalue weighted by molar-refractivity contribution is -0.143. The molecule has 9 nitrogen and oxygen atoms in total. The highest BCUT2D eigenvalue weighted by molar-refractivity contribution is 6.76. The molecule has 4 rings (SSSR count). The molecule has 47 heavy (non-hydrogen) atoms. The summed E-state index contributed by atoms with van der Waals surface area (Å²) in [4.78, 5) is 28.4. The van der Waals surface area contributed by atoms with Crippen LogP contribution in [-0.4, -0.2) is 80.7 Å². The molecule has 0 spiro atoms. The van der Waals surface area contributed by atoms with E-state index in [2.05, 4.69) is 25.0 Å². The van der Waals surface area contributed by atoms with Crippen LogP contribution in [-0.2, 0) is 19.9 Å². The number of rotatable bonds is 14. The number of nitrogens with zero attached hydrogens (tertiary/aromatic N) is 1. The summed E-state index contributed by atoms with van der Waals surface area (Å²) in [5, 5.41) is 26.2. The number of likely N-dealkylation sites (tertiary alicyclic amines) is 1. The monoisotopic (exact) mass is 668 g/mol. The average molecular weight is 669 g/mol. The number of aryl methyl sites for hydroxylation is 1. The van der Waals surface area contributed by atoms with E-state index in [-0.39, 0.29) is 17.7 Å². The Morgan fingerprint density at radius 3 is 2.45 bits per heavy atom. The highest BCUT2D eigenvalue weighted by Crippen LogP contribution is 2.45. The van der Waals surface area contributed by atoms with Crippen molar-refractivity contribution in [3.63, 3.8) is 0 Å². The number of nitrogens with one attached hydrogen (secondary N) is 1. The van der Waals surface area contributed by atoms with Crippen LogP contribution in [0.15, 0.2) is 48.5 Å². The highest BCUT2D eigenvalue weighted by atomic mass is 28.3. The second kappa shape index (κ2) is 17.0. The first-order chi connectivity index (χ1) is 22.4. The fraction of sp³-hybridized carbons (Fsp3) is 0.622. The molecule has 2 aliphatic rings. The number of benzene rings is 2. The molecule has 1 saturated heterocycles. The number of unbranched alkanes of at least 4 members (excludes halogenated alkanes) is 1. The molecular formula is C37H56N2O7Si. The van der Waals surface area contributed by atoms with E-state index < -0.39 is 31.9 Å². The van der Waals surface area contributed by atoms with E-state index in [9.17, 15) is 19.8 Å². The Bertz CT molecular complexity index is 1320. The molecule has 260 valence electrons. The standard InChI is InChI=1S/C37H56N2O7Si/c1-27-13-6-8-16-33(27)46-34-17-9-7-15-30(34)37(43,20-10-11-22-44-2)29-14-12-21-39(26-29)35(41)28-18-19-32(40)31(25-28)38-36(42)45-23-24-47(3,4)5/h6-9,13,15-17,28-29,31-32,40,43H,10-12,14,18-26H2,1-5H3,(H,38,42)/t28?,29-,31+,32+,37+/m1/s1. The van der Waals surface area contributed by atoms with Gasteiger partial charge in [0.1, 0.15) is 11.5 Å². The minimum atomic E-state index is -1.35. The first-order valence-electron chi connectivity index (χ1n) is 17.4. The van der Waals surface area contributed by atoms with Crippen LogP contribution < -0.4 is 10.1 Å². The summed E-state index contributed by atoms with van der Waals surface area (Å²) in [6, 6.07) is 15.9. The highest BCUT2D eigenvalue weighted by Gasteiger charge is 2.44. The molecule has 2 aromatic rings. The summed E-state index contributed by atoms with van der Waals surface area (Å²) >= 11 is 0. The van der Waals surface area contributed by atoms with E-state index in [1.807, 2.05) is 60.4 Å². The van der Waals surface area contributed by atoms with Crippen molar-refractivity contribution in [2.45, 2.75) is 102 Å². The zero-order valence-electron chi connectivity index (χ0n) is 29.0. The maximum absolute atomic E-state index is 14.0. The summed E-state index contributed by atoms with van der Waals surface area (Å²) in [5.74, 6) is 0.854. The second-order valence-corrected chi connectivity index (χ2v) is 20.3. The topological polar surface area (TPSA) is 118 Å². The van der Waals surface area contributed by atoms with Crippen molar-refractivity contribution < 1.29 is 34.0 Å². The number of aliphatic hydroxyl groups excluding tert-OH is 1. The van der Waals surface area contributed by atoms with Crippen molar-refractivity contribution in [2.24, 2.45) is 11.8 Å². The maximum atomic E-state index is 14.0.